The van der Waals surface area contributed by atoms with Gasteiger partial charge in [0.05, 0.1) is 22.5 Å². The van der Waals surface area contributed by atoms with Crippen molar-refractivity contribution in [3.05, 3.63) is 39.8 Å². The number of nitrogens with zero attached hydrogens (tertiary/aromatic N) is 2. The molecule has 0 radical (unpaired) electrons. The Morgan fingerprint density at radius 2 is 2.40 bits per heavy atom. The number of rotatable bonds is 7. The molecular weight excluding hydrogens is 362 g/mol. The van der Waals surface area contributed by atoms with Gasteiger partial charge in [-0.1, -0.05) is 23.9 Å². The van der Waals surface area contributed by atoms with E-state index >= 15 is 0 Å². The Morgan fingerprint density at radius 3 is 3.16 bits per heavy atom. The second-order valence-corrected chi connectivity index (χ2v) is 7.61. The third-order valence-electron chi connectivity index (χ3n) is 3.71. The molecule has 3 rings (SSSR count). The van der Waals surface area contributed by atoms with Gasteiger partial charge >= 0.3 is 0 Å². The van der Waals surface area contributed by atoms with Crippen LogP contribution in [0.4, 0.5) is 5.69 Å². The molecule has 2 aromatic rings. The number of carbonyl (C=O) groups is 1. The van der Waals surface area contributed by atoms with Gasteiger partial charge in [-0.2, -0.15) is 0 Å². The van der Waals surface area contributed by atoms with Gasteiger partial charge in [-0.25, -0.2) is 4.98 Å². The summed E-state index contributed by atoms with van der Waals surface area (Å²) in [7, 11) is 0. The highest BCUT2D eigenvalue weighted by Gasteiger charge is 2.16. The molecule has 132 valence electrons. The summed E-state index contributed by atoms with van der Waals surface area (Å²) in [6.07, 6.45) is 2.18. The largest absolute Gasteiger partial charge is 0.376 e. The van der Waals surface area contributed by atoms with Gasteiger partial charge in [0.25, 0.3) is 5.69 Å². The third-order valence-corrected chi connectivity index (χ3v) is 5.73. The van der Waals surface area contributed by atoms with Crippen LogP contribution in [0, 0.1) is 10.1 Å². The van der Waals surface area contributed by atoms with E-state index in [4.69, 9.17) is 4.74 Å². The number of hydrogen-bond donors (Lipinski definition) is 1. The molecule has 1 aliphatic rings. The molecule has 1 atom stereocenters. The van der Waals surface area contributed by atoms with Gasteiger partial charge in [0.15, 0.2) is 4.34 Å². The number of thiazole rings is 1. The fraction of sp³-hybridized carbons (Fsp3) is 0.375. The van der Waals surface area contributed by atoms with Crippen molar-refractivity contribution in [2.45, 2.75) is 23.3 Å². The topological polar surface area (TPSA) is 94.4 Å². The molecule has 2 heterocycles. The van der Waals surface area contributed by atoms with Crippen LogP contribution in [0.25, 0.3) is 11.3 Å². The molecule has 9 heteroatoms. The number of ether oxygens (including phenoxy) is 1. The monoisotopic (exact) mass is 379 g/mol. The fourth-order valence-corrected chi connectivity index (χ4v) is 4.11. The van der Waals surface area contributed by atoms with E-state index < -0.39 is 4.92 Å². The molecule has 1 aromatic carbocycles. The number of aromatic nitrogens is 1. The van der Waals surface area contributed by atoms with Gasteiger partial charge < -0.3 is 10.1 Å². The molecule has 1 unspecified atom stereocenters. The number of nitro groups is 1. The van der Waals surface area contributed by atoms with Crippen molar-refractivity contribution in [3.8, 4) is 11.3 Å². The molecule has 1 saturated heterocycles. The van der Waals surface area contributed by atoms with Crippen LogP contribution >= 0.6 is 23.1 Å². The van der Waals surface area contributed by atoms with E-state index in [0.29, 0.717) is 17.8 Å². The zero-order valence-electron chi connectivity index (χ0n) is 13.3. The normalized spacial score (nSPS) is 16.7. The van der Waals surface area contributed by atoms with Crippen molar-refractivity contribution < 1.29 is 14.5 Å². The minimum absolute atomic E-state index is 0.0354. The lowest BCUT2D eigenvalue weighted by Gasteiger charge is -2.10. The smallest absolute Gasteiger partial charge is 0.270 e. The molecule has 0 saturated carbocycles. The van der Waals surface area contributed by atoms with E-state index in [1.165, 1.54) is 35.2 Å². The Kier molecular flexibility index (Phi) is 6.00. The van der Waals surface area contributed by atoms with Gasteiger partial charge in [-0.05, 0) is 12.8 Å². The summed E-state index contributed by atoms with van der Waals surface area (Å²) >= 11 is 2.78. The number of amides is 1. The standard InChI is InChI=1S/C16H17N3O4S2/c20-15(17-8-13-5-2-6-23-13)10-25-16-18-14(9-24-16)11-3-1-4-12(7-11)19(21)22/h1,3-4,7,9,13H,2,5-6,8,10H2,(H,17,20). The van der Waals surface area contributed by atoms with Crippen LogP contribution in [0.2, 0.25) is 0 Å². The predicted octanol–water partition coefficient (Wildman–Crippen LogP) is 3.11. The maximum absolute atomic E-state index is 11.9. The van der Waals surface area contributed by atoms with Gasteiger partial charge in [0.2, 0.25) is 5.91 Å². The summed E-state index contributed by atoms with van der Waals surface area (Å²) in [6, 6.07) is 6.37. The van der Waals surface area contributed by atoms with Crippen LogP contribution in [0.3, 0.4) is 0 Å². The Bertz CT molecular complexity index is 759. The average molecular weight is 379 g/mol. The van der Waals surface area contributed by atoms with Crippen LogP contribution in [-0.2, 0) is 9.53 Å². The summed E-state index contributed by atoms with van der Waals surface area (Å²) in [6.45, 7) is 1.32. The minimum Gasteiger partial charge on any atom is -0.376 e. The quantitative estimate of drug-likeness (QED) is 0.451. The van der Waals surface area contributed by atoms with Crippen molar-refractivity contribution in [1.82, 2.24) is 10.3 Å². The molecule has 1 aliphatic heterocycles. The highest BCUT2D eigenvalue weighted by molar-refractivity contribution is 8.01. The maximum Gasteiger partial charge on any atom is 0.270 e. The molecule has 7 nitrogen and oxygen atoms in total. The number of thioether (sulfide) groups is 1. The lowest BCUT2D eigenvalue weighted by atomic mass is 10.1. The van der Waals surface area contributed by atoms with Crippen molar-refractivity contribution in [1.29, 1.82) is 0 Å². The zero-order valence-corrected chi connectivity index (χ0v) is 15.0. The first kappa shape index (κ1) is 17.8. The summed E-state index contributed by atoms with van der Waals surface area (Å²) in [5.41, 5.74) is 1.41. The number of carbonyl (C=O) groups excluding carboxylic acids is 1. The van der Waals surface area contributed by atoms with E-state index in [0.717, 1.165) is 23.8 Å². The first-order valence-corrected chi connectivity index (χ1v) is 9.70. The molecule has 1 N–H and O–H groups in total. The lowest BCUT2D eigenvalue weighted by Crippen LogP contribution is -2.32. The van der Waals surface area contributed by atoms with Crippen molar-refractivity contribution in [2.24, 2.45) is 0 Å². The van der Waals surface area contributed by atoms with E-state index in [-0.39, 0.29) is 23.5 Å². The van der Waals surface area contributed by atoms with Crippen molar-refractivity contribution in [2.75, 3.05) is 18.9 Å². The van der Waals surface area contributed by atoms with E-state index in [1.54, 1.807) is 12.1 Å². The van der Waals surface area contributed by atoms with Crippen molar-refractivity contribution >= 4 is 34.7 Å². The zero-order chi connectivity index (χ0) is 17.6. The number of nitrogens with one attached hydrogen (secondary N) is 1. The number of non-ortho nitro benzene ring substituents is 1. The highest BCUT2D eigenvalue weighted by atomic mass is 32.2. The second-order valence-electron chi connectivity index (χ2n) is 5.53. The summed E-state index contributed by atoms with van der Waals surface area (Å²) < 4.78 is 6.22. The molecule has 1 fully saturated rings. The number of hydrogen-bond acceptors (Lipinski definition) is 7. The van der Waals surface area contributed by atoms with Crippen LogP contribution < -0.4 is 5.32 Å². The van der Waals surface area contributed by atoms with E-state index in [2.05, 4.69) is 10.3 Å². The second kappa shape index (κ2) is 8.41. The van der Waals surface area contributed by atoms with Crippen LogP contribution in [0.1, 0.15) is 12.8 Å². The van der Waals surface area contributed by atoms with Gasteiger partial charge in [-0.3, -0.25) is 14.9 Å². The third kappa shape index (κ3) is 5.00. The van der Waals surface area contributed by atoms with E-state index in [1.807, 2.05) is 5.38 Å². The average Bonchev–Trinajstić information content (AvgIpc) is 3.30. The lowest BCUT2D eigenvalue weighted by molar-refractivity contribution is -0.384. The summed E-state index contributed by atoms with van der Waals surface area (Å²) in [4.78, 5) is 26.8. The van der Waals surface area contributed by atoms with Crippen LogP contribution in [-0.4, -0.2) is 40.8 Å². The number of nitro benzene ring substituents is 1. The van der Waals surface area contributed by atoms with Gasteiger partial charge in [0.1, 0.15) is 0 Å². The molecule has 1 amide bonds. The molecule has 1 aromatic heterocycles. The fourth-order valence-electron chi connectivity index (χ4n) is 2.45. The Labute approximate surface area is 152 Å². The number of benzene rings is 1. The van der Waals surface area contributed by atoms with Crippen LogP contribution in [0.15, 0.2) is 34.0 Å². The van der Waals surface area contributed by atoms with Gasteiger partial charge in [0, 0.05) is 36.2 Å². The Hall–Kier alpha value is -1.97. The first-order chi connectivity index (χ1) is 12.1. The Balaban J connectivity index is 1.52. The van der Waals surface area contributed by atoms with Gasteiger partial charge in [-0.15, -0.1) is 11.3 Å². The molecule has 0 spiro atoms. The Morgan fingerprint density at radius 1 is 1.52 bits per heavy atom. The molecule has 25 heavy (non-hydrogen) atoms. The molecule has 0 bridgehead atoms. The van der Waals surface area contributed by atoms with E-state index in [9.17, 15) is 14.9 Å². The SMILES string of the molecule is O=C(CSc1nc(-c2cccc([N+](=O)[O-])c2)cs1)NCC1CCCO1. The predicted molar refractivity (Wildman–Crippen MR) is 96.9 cm³/mol. The van der Waals surface area contributed by atoms with Crippen LogP contribution in [0.5, 0.6) is 0 Å². The summed E-state index contributed by atoms with van der Waals surface area (Å²) in [5, 5.41) is 15.6. The molecule has 0 aliphatic carbocycles. The molecular formula is C16H17N3O4S2. The highest BCUT2D eigenvalue weighted by Crippen LogP contribution is 2.29. The maximum atomic E-state index is 11.9. The minimum atomic E-state index is -0.427. The van der Waals surface area contributed by atoms with Crippen molar-refractivity contribution in [3.63, 3.8) is 0 Å². The summed E-state index contributed by atoms with van der Waals surface area (Å²) in [5.74, 6) is 0.238. The first-order valence-electron chi connectivity index (χ1n) is 7.83.